The molecule has 146 valence electrons. The zero-order valence-electron chi connectivity index (χ0n) is 15.6. The lowest BCUT2D eigenvalue weighted by molar-refractivity contribution is 0.0928. The second-order valence-electron chi connectivity index (χ2n) is 7.03. The molecule has 0 aromatic carbocycles. The highest BCUT2D eigenvalue weighted by atomic mass is 32.1. The fourth-order valence-electron chi connectivity index (χ4n) is 3.45. The monoisotopic (exact) mass is 392 g/mol. The van der Waals surface area contributed by atoms with Gasteiger partial charge in [0.15, 0.2) is 5.13 Å². The van der Waals surface area contributed by atoms with E-state index >= 15 is 0 Å². The predicted octanol–water partition coefficient (Wildman–Crippen LogP) is 1.57. The summed E-state index contributed by atoms with van der Waals surface area (Å²) in [6.07, 6.45) is 0.701. The van der Waals surface area contributed by atoms with E-state index in [4.69, 9.17) is 14.0 Å². The molecule has 0 bridgehead atoms. The van der Waals surface area contributed by atoms with Crippen molar-refractivity contribution in [2.45, 2.75) is 26.3 Å². The number of amides is 1. The van der Waals surface area contributed by atoms with Gasteiger partial charge in [-0.2, -0.15) is 0 Å². The minimum atomic E-state index is -0.0845. The van der Waals surface area contributed by atoms with Crippen LogP contribution in [0, 0.1) is 19.8 Å². The molecule has 0 aliphatic carbocycles. The number of anilines is 1. The number of carbonyl (C=O) groups is 1. The molecule has 2 aromatic heterocycles. The summed E-state index contributed by atoms with van der Waals surface area (Å²) in [7, 11) is 0. The van der Waals surface area contributed by atoms with Crippen LogP contribution in [0.5, 0.6) is 0 Å². The Balaban J connectivity index is 1.41. The lowest BCUT2D eigenvalue weighted by atomic mass is 9.98. The summed E-state index contributed by atoms with van der Waals surface area (Å²) in [5.41, 5.74) is 1.63. The highest BCUT2D eigenvalue weighted by Gasteiger charge is 2.32. The van der Waals surface area contributed by atoms with Crippen molar-refractivity contribution in [3.63, 3.8) is 0 Å². The first-order valence-corrected chi connectivity index (χ1v) is 10.0. The molecule has 2 aliphatic rings. The Morgan fingerprint density at radius 3 is 2.85 bits per heavy atom. The number of carbonyl (C=O) groups excluding carboxylic acids is 1. The predicted molar refractivity (Wildman–Crippen MR) is 100 cm³/mol. The number of hydrogen-bond donors (Lipinski definition) is 1. The van der Waals surface area contributed by atoms with Crippen molar-refractivity contribution in [1.29, 1.82) is 0 Å². The number of hydrogen-bond acceptors (Lipinski definition) is 8. The summed E-state index contributed by atoms with van der Waals surface area (Å²) in [5, 5.41) is 7.94. The molecule has 9 heteroatoms. The Kier molecular flexibility index (Phi) is 5.42. The first-order valence-electron chi connectivity index (χ1n) is 9.21. The van der Waals surface area contributed by atoms with Gasteiger partial charge in [0, 0.05) is 31.5 Å². The third-order valence-electron chi connectivity index (χ3n) is 4.93. The molecule has 2 saturated heterocycles. The third-order valence-corrected chi connectivity index (χ3v) is 6.15. The third kappa shape index (κ3) is 4.15. The number of thiazole rings is 1. The Bertz CT molecular complexity index is 799. The SMILES string of the molecule is Cc1cc(C[C@@H]2COC[C@@H]2NC(=O)c2sc(N3CCOCC3)nc2C)on1. The van der Waals surface area contributed by atoms with Crippen molar-refractivity contribution in [3.05, 3.63) is 28.1 Å². The number of ether oxygens (including phenoxy) is 2. The smallest absolute Gasteiger partial charge is 0.263 e. The van der Waals surface area contributed by atoms with Crippen LogP contribution >= 0.6 is 11.3 Å². The van der Waals surface area contributed by atoms with Gasteiger partial charge in [-0.15, -0.1) is 0 Å². The molecule has 1 amide bonds. The standard InChI is InChI=1S/C18H24N4O4S/c1-11-7-14(26-21-11)8-13-9-25-10-15(13)20-17(23)16-12(2)19-18(27-16)22-3-5-24-6-4-22/h7,13,15H,3-6,8-10H2,1-2H3,(H,20,23)/t13-,15+/m1/s1. The van der Waals surface area contributed by atoms with Crippen molar-refractivity contribution in [2.24, 2.45) is 5.92 Å². The van der Waals surface area contributed by atoms with Crippen LogP contribution in [0.3, 0.4) is 0 Å². The van der Waals surface area contributed by atoms with Crippen molar-refractivity contribution < 1.29 is 18.8 Å². The number of rotatable bonds is 5. The van der Waals surface area contributed by atoms with Gasteiger partial charge in [-0.3, -0.25) is 4.79 Å². The van der Waals surface area contributed by atoms with E-state index in [1.165, 1.54) is 11.3 Å². The average Bonchev–Trinajstić information content (AvgIpc) is 3.37. The minimum absolute atomic E-state index is 0.0451. The molecule has 27 heavy (non-hydrogen) atoms. The normalized spacial score (nSPS) is 23.0. The van der Waals surface area contributed by atoms with Gasteiger partial charge >= 0.3 is 0 Å². The van der Waals surface area contributed by atoms with Crippen molar-refractivity contribution in [2.75, 3.05) is 44.4 Å². The van der Waals surface area contributed by atoms with Crippen LogP contribution in [-0.2, 0) is 15.9 Å². The molecule has 2 fully saturated rings. The van der Waals surface area contributed by atoms with Gasteiger partial charge in [0.1, 0.15) is 10.6 Å². The highest BCUT2D eigenvalue weighted by molar-refractivity contribution is 7.17. The van der Waals surface area contributed by atoms with E-state index in [0.29, 0.717) is 37.7 Å². The Labute approximate surface area is 161 Å². The van der Waals surface area contributed by atoms with Gasteiger partial charge in [0.25, 0.3) is 5.91 Å². The Hall–Kier alpha value is -1.97. The summed E-state index contributed by atoms with van der Waals surface area (Å²) in [4.78, 5) is 20.3. The van der Waals surface area contributed by atoms with E-state index in [1.807, 2.05) is 19.9 Å². The number of nitrogens with one attached hydrogen (secondary N) is 1. The molecule has 0 radical (unpaired) electrons. The largest absolute Gasteiger partial charge is 0.379 e. The molecule has 2 aliphatic heterocycles. The van der Waals surface area contributed by atoms with E-state index < -0.39 is 0 Å². The average molecular weight is 392 g/mol. The first-order chi connectivity index (χ1) is 13.1. The number of aryl methyl sites for hydroxylation is 2. The molecule has 4 heterocycles. The van der Waals surface area contributed by atoms with E-state index in [2.05, 4.69) is 20.4 Å². The summed E-state index contributed by atoms with van der Waals surface area (Å²) >= 11 is 1.44. The molecule has 0 spiro atoms. The van der Waals surface area contributed by atoms with Gasteiger partial charge in [-0.25, -0.2) is 4.98 Å². The van der Waals surface area contributed by atoms with Gasteiger partial charge in [0.2, 0.25) is 0 Å². The quantitative estimate of drug-likeness (QED) is 0.826. The molecule has 2 atom stereocenters. The molecular formula is C18H24N4O4S. The number of morpholine rings is 1. The van der Waals surface area contributed by atoms with E-state index in [9.17, 15) is 4.79 Å². The van der Waals surface area contributed by atoms with Gasteiger partial charge in [-0.05, 0) is 13.8 Å². The Morgan fingerprint density at radius 2 is 2.11 bits per heavy atom. The van der Waals surface area contributed by atoms with Crippen LogP contribution in [0.2, 0.25) is 0 Å². The maximum Gasteiger partial charge on any atom is 0.263 e. The molecule has 1 N–H and O–H groups in total. The fourth-order valence-corrected chi connectivity index (χ4v) is 4.47. The minimum Gasteiger partial charge on any atom is -0.379 e. The fraction of sp³-hybridized carbons (Fsp3) is 0.611. The van der Waals surface area contributed by atoms with Crippen LogP contribution in [0.25, 0.3) is 0 Å². The van der Waals surface area contributed by atoms with Crippen molar-refractivity contribution >= 4 is 22.4 Å². The van der Waals surface area contributed by atoms with E-state index in [-0.39, 0.29) is 17.9 Å². The summed E-state index contributed by atoms with van der Waals surface area (Å²) in [6, 6.07) is 1.88. The van der Waals surface area contributed by atoms with E-state index in [1.54, 1.807) is 0 Å². The number of nitrogens with zero attached hydrogens (tertiary/aromatic N) is 3. The van der Waals surface area contributed by atoms with Crippen LogP contribution in [-0.4, -0.2) is 61.6 Å². The van der Waals surface area contributed by atoms with E-state index in [0.717, 1.165) is 35.4 Å². The second kappa shape index (κ2) is 7.95. The maximum absolute atomic E-state index is 12.8. The zero-order valence-corrected chi connectivity index (χ0v) is 16.4. The van der Waals surface area contributed by atoms with Crippen molar-refractivity contribution in [1.82, 2.24) is 15.5 Å². The summed E-state index contributed by atoms with van der Waals surface area (Å²) in [5.74, 6) is 0.915. The van der Waals surface area contributed by atoms with Crippen LogP contribution in [0.4, 0.5) is 5.13 Å². The molecule has 8 nitrogen and oxygen atoms in total. The molecule has 2 aromatic rings. The lowest BCUT2D eigenvalue weighted by Crippen LogP contribution is -2.40. The first kappa shape index (κ1) is 18.4. The summed E-state index contributed by atoms with van der Waals surface area (Å²) in [6.45, 7) is 7.91. The molecule has 0 unspecified atom stereocenters. The number of aromatic nitrogens is 2. The molecule has 4 rings (SSSR count). The van der Waals surface area contributed by atoms with Gasteiger partial charge < -0.3 is 24.2 Å². The van der Waals surface area contributed by atoms with Crippen molar-refractivity contribution in [3.8, 4) is 0 Å². The topological polar surface area (TPSA) is 89.7 Å². The van der Waals surface area contributed by atoms with Crippen LogP contribution in [0.15, 0.2) is 10.6 Å². The zero-order chi connectivity index (χ0) is 18.8. The van der Waals surface area contributed by atoms with Crippen LogP contribution in [0.1, 0.15) is 26.8 Å². The second-order valence-corrected chi connectivity index (χ2v) is 8.00. The Morgan fingerprint density at radius 1 is 1.30 bits per heavy atom. The van der Waals surface area contributed by atoms with Crippen LogP contribution < -0.4 is 10.2 Å². The van der Waals surface area contributed by atoms with Gasteiger partial charge in [0.05, 0.1) is 43.9 Å². The lowest BCUT2D eigenvalue weighted by Gasteiger charge is -2.26. The molecular weight excluding hydrogens is 368 g/mol. The summed E-state index contributed by atoms with van der Waals surface area (Å²) < 4.78 is 16.3. The highest BCUT2D eigenvalue weighted by Crippen LogP contribution is 2.27. The molecule has 0 saturated carbocycles. The van der Waals surface area contributed by atoms with Gasteiger partial charge in [-0.1, -0.05) is 16.5 Å². The maximum atomic E-state index is 12.8.